The summed E-state index contributed by atoms with van der Waals surface area (Å²) in [4.78, 5) is 28.2. The monoisotopic (exact) mass is 595 g/mol. The Kier molecular flexibility index (Phi) is 7.82. The molecule has 39 heavy (non-hydrogen) atoms. The number of carbonyl (C=O) groups is 2. The number of benzene rings is 3. The topological polar surface area (TPSA) is 83.4 Å². The molecule has 1 atom stereocenters. The molecule has 5 rings (SSSR count). The van der Waals surface area contributed by atoms with Crippen molar-refractivity contribution in [1.82, 2.24) is 10.2 Å². The van der Waals surface area contributed by atoms with Crippen LogP contribution >= 0.6 is 46.3 Å². The molecule has 1 aliphatic rings. The van der Waals surface area contributed by atoms with Gasteiger partial charge >= 0.3 is 5.91 Å². The number of aliphatic hydroxyl groups is 1. The Labute approximate surface area is 244 Å². The van der Waals surface area contributed by atoms with Crippen LogP contribution in [0, 0.1) is 20.8 Å². The Morgan fingerprint density at radius 2 is 1.67 bits per heavy atom. The summed E-state index contributed by atoms with van der Waals surface area (Å²) in [5.41, 5.74) is 4.93. The minimum absolute atomic E-state index is 0.0452. The van der Waals surface area contributed by atoms with Gasteiger partial charge in [0.1, 0.15) is 5.76 Å². The molecular weight excluding hydrogens is 573 g/mol. The Morgan fingerprint density at radius 3 is 2.38 bits per heavy atom. The van der Waals surface area contributed by atoms with E-state index in [1.807, 2.05) is 45.0 Å². The molecule has 0 bridgehead atoms. The van der Waals surface area contributed by atoms with E-state index in [-0.39, 0.29) is 21.5 Å². The summed E-state index contributed by atoms with van der Waals surface area (Å²) >= 11 is 15.2. The third-order valence-corrected chi connectivity index (χ3v) is 9.30. The predicted octanol–water partition coefficient (Wildman–Crippen LogP) is 7.69. The van der Waals surface area contributed by atoms with Gasteiger partial charge in [-0.05, 0) is 55.7 Å². The van der Waals surface area contributed by atoms with Gasteiger partial charge in [0.05, 0.1) is 21.7 Å². The summed E-state index contributed by atoms with van der Waals surface area (Å²) in [6.07, 6.45) is 0. The van der Waals surface area contributed by atoms with Gasteiger partial charge in [-0.1, -0.05) is 99.9 Å². The lowest BCUT2D eigenvalue weighted by molar-refractivity contribution is -0.132. The Hall–Kier alpha value is -3.17. The van der Waals surface area contributed by atoms with Crippen LogP contribution in [-0.4, -0.2) is 27.0 Å². The van der Waals surface area contributed by atoms with Gasteiger partial charge in [-0.3, -0.25) is 14.5 Å². The highest BCUT2D eigenvalue weighted by atomic mass is 35.5. The van der Waals surface area contributed by atoms with Crippen LogP contribution in [0.2, 0.25) is 10.0 Å². The second-order valence-corrected chi connectivity index (χ2v) is 12.3. The van der Waals surface area contributed by atoms with E-state index in [2.05, 4.69) is 22.3 Å². The van der Waals surface area contributed by atoms with Crippen LogP contribution in [0.25, 0.3) is 5.76 Å². The molecule has 0 spiro atoms. The maximum absolute atomic E-state index is 13.5. The molecule has 3 aromatic carbocycles. The molecule has 2 heterocycles. The highest BCUT2D eigenvalue weighted by molar-refractivity contribution is 8.00. The second-order valence-electron chi connectivity index (χ2n) is 9.29. The largest absolute Gasteiger partial charge is 0.507 e. The lowest BCUT2D eigenvalue weighted by atomic mass is 9.93. The van der Waals surface area contributed by atoms with Gasteiger partial charge in [-0.15, -0.1) is 10.2 Å². The number of carbonyl (C=O) groups excluding carboxylic acids is 2. The molecule has 1 N–H and O–H groups in total. The van der Waals surface area contributed by atoms with Gasteiger partial charge in [0.25, 0.3) is 5.78 Å². The molecule has 1 aliphatic heterocycles. The normalized spacial score (nSPS) is 16.7. The fourth-order valence-corrected chi connectivity index (χ4v) is 6.48. The summed E-state index contributed by atoms with van der Waals surface area (Å²) in [6, 6.07) is 17.7. The van der Waals surface area contributed by atoms with Gasteiger partial charge < -0.3 is 5.11 Å². The molecule has 0 saturated carbocycles. The van der Waals surface area contributed by atoms with E-state index in [1.165, 1.54) is 33.6 Å². The van der Waals surface area contributed by atoms with Crippen molar-refractivity contribution in [3.05, 3.63) is 110 Å². The number of rotatable bonds is 6. The van der Waals surface area contributed by atoms with Crippen molar-refractivity contribution in [2.24, 2.45) is 0 Å². The van der Waals surface area contributed by atoms with E-state index in [4.69, 9.17) is 23.2 Å². The molecule has 1 fully saturated rings. The molecule has 0 aliphatic carbocycles. The van der Waals surface area contributed by atoms with E-state index < -0.39 is 17.7 Å². The number of aryl methyl sites for hydroxylation is 3. The molecular formula is C29H23Cl2N3O3S2. The van der Waals surface area contributed by atoms with Crippen LogP contribution < -0.4 is 4.90 Å². The minimum Gasteiger partial charge on any atom is -0.507 e. The van der Waals surface area contributed by atoms with Crippen molar-refractivity contribution in [2.45, 2.75) is 36.9 Å². The summed E-state index contributed by atoms with van der Waals surface area (Å²) < 4.78 is 0.648. The average molecular weight is 597 g/mol. The molecule has 1 saturated heterocycles. The van der Waals surface area contributed by atoms with Crippen LogP contribution in [0.15, 0.2) is 70.6 Å². The fraction of sp³-hybridized carbons (Fsp3) is 0.172. The molecule has 4 aromatic rings. The van der Waals surface area contributed by atoms with Gasteiger partial charge in [0, 0.05) is 11.3 Å². The zero-order chi connectivity index (χ0) is 27.8. The number of aromatic nitrogens is 2. The molecule has 10 heteroatoms. The number of nitrogens with zero attached hydrogens (tertiary/aromatic N) is 3. The summed E-state index contributed by atoms with van der Waals surface area (Å²) in [5, 5.41) is 20.8. The number of halogens is 2. The van der Waals surface area contributed by atoms with E-state index in [0.29, 0.717) is 26.2 Å². The fourth-order valence-electron chi connectivity index (χ4n) is 4.35. The summed E-state index contributed by atoms with van der Waals surface area (Å²) in [7, 11) is 0. The first-order valence-electron chi connectivity index (χ1n) is 12.0. The van der Waals surface area contributed by atoms with Crippen molar-refractivity contribution in [3.63, 3.8) is 0 Å². The van der Waals surface area contributed by atoms with Crippen molar-refractivity contribution in [1.29, 1.82) is 0 Å². The first-order chi connectivity index (χ1) is 18.6. The van der Waals surface area contributed by atoms with Gasteiger partial charge in [0.2, 0.25) is 5.13 Å². The number of thioether (sulfide) groups is 1. The first kappa shape index (κ1) is 27.4. The van der Waals surface area contributed by atoms with Gasteiger partial charge in [-0.2, -0.15) is 0 Å². The number of Topliss-reactive ketones (excluding diaryl/α,β-unsaturated/α-hetero) is 1. The van der Waals surface area contributed by atoms with Crippen molar-refractivity contribution < 1.29 is 14.7 Å². The zero-order valence-electron chi connectivity index (χ0n) is 21.2. The van der Waals surface area contributed by atoms with Crippen molar-refractivity contribution in [3.8, 4) is 0 Å². The number of anilines is 1. The minimum atomic E-state index is -0.970. The number of amides is 1. The molecule has 6 nitrogen and oxygen atoms in total. The molecule has 0 radical (unpaired) electrons. The number of hydrogen-bond acceptors (Lipinski definition) is 7. The lowest BCUT2D eigenvalue weighted by Gasteiger charge is -2.23. The maximum atomic E-state index is 13.5. The van der Waals surface area contributed by atoms with Crippen LogP contribution in [-0.2, 0) is 15.3 Å². The Balaban J connectivity index is 1.58. The molecule has 1 unspecified atom stereocenters. The number of ketones is 1. The zero-order valence-corrected chi connectivity index (χ0v) is 24.4. The standard InChI is InChI=1S/C29H23Cl2N3O3S2/c1-15-5-8-18(9-6-15)14-38-29-33-32-28(39-29)34-24(19-10-11-21(30)22(31)13-19)23(26(36)27(34)37)25(35)20-12-16(2)4-7-17(20)3/h4-13,24,35H,14H2,1-3H3. The number of aliphatic hydroxyl groups excluding tert-OH is 1. The smallest absolute Gasteiger partial charge is 0.301 e. The third kappa shape index (κ3) is 5.47. The van der Waals surface area contributed by atoms with Crippen LogP contribution in [0.1, 0.15) is 39.4 Å². The van der Waals surface area contributed by atoms with Gasteiger partial charge in [-0.25, -0.2) is 0 Å². The molecule has 1 amide bonds. The van der Waals surface area contributed by atoms with E-state index in [9.17, 15) is 14.7 Å². The Morgan fingerprint density at radius 1 is 0.949 bits per heavy atom. The van der Waals surface area contributed by atoms with Crippen LogP contribution in [0.4, 0.5) is 5.13 Å². The number of hydrogen-bond donors (Lipinski definition) is 1. The quantitative estimate of drug-likeness (QED) is 0.0808. The lowest BCUT2D eigenvalue weighted by Crippen LogP contribution is -2.29. The molecule has 1 aromatic heterocycles. The van der Waals surface area contributed by atoms with Crippen LogP contribution in [0.5, 0.6) is 0 Å². The highest BCUT2D eigenvalue weighted by Gasteiger charge is 2.48. The molecule has 198 valence electrons. The first-order valence-corrected chi connectivity index (χ1v) is 14.5. The second kappa shape index (κ2) is 11.1. The van der Waals surface area contributed by atoms with E-state index in [0.717, 1.165) is 16.7 Å². The summed E-state index contributed by atoms with van der Waals surface area (Å²) in [5.74, 6) is -1.19. The van der Waals surface area contributed by atoms with Crippen molar-refractivity contribution >= 4 is 68.9 Å². The average Bonchev–Trinajstić information content (AvgIpc) is 3.48. The van der Waals surface area contributed by atoms with Crippen LogP contribution in [0.3, 0.4) is 0 Å². The van der Waals surface area contributed by atoms with E-state index >= 15 is 0 Å². The van der Waals surface area contributed by atoms with Gasteiger partial charge in [0.15, 0.2) is 4.34 Å². The predicted molar refractivity (Wildman–Crippen MR) is 158 cm³/mol. The van der Waals surface area contributed by atoms with E-state index in [1.54, 1.807) is 24.3 Å². The highest BCUT2D eigenvalue weighted by Crippen LogP contribution is 2.45. The third-order valence-electron chi connectivity index (χ3n) is 6.44. The maximum Gasteiger partial charge on any atom is 0.301 e. The Bertz CT molecular complexity index is 1630. The summed E-state index contributed by atoms with van der Waals surface area (Å²) in [6.45, 7) is 5.76. The van der Waals surface area contributed by atoms with Crippen molar-refractivity contribution in [2.75, 3.05) is 4.90 Å². The SMILES string of the molecule is Cc1ccc(CSc2nnc(N3C(=O)C(=O)C(=C(O)c4cc(C)ccc4C)C3c3ccc(Cl)c(Cl)c3)s2)cc1.